The van der Waals surface area contributed by atoms with E-state index in [0.29, 0.717) is 0 Å². The molecule has 0 amide bonds. The van der Waals surface area contributed by atoms with Crippen LogP contribution in [0.1, 0.15) is 65.7 Å². The van der Waals surface area contributed by atoms with Gasteiger partial charge in [0.15, 0.2) is 0 Å². The highest BCUT2D eigenvalue weighted by molar-refractivity contribution is 5.72. The van der Waals surface area contributed by atoms with Gasteiger partial charge >= 0.3 is 0 Å². The molecule has 0 spiro atoms. The van der Waals surface area contributed by atoms with Crippen LogP contribution in [-0.2, 0) is 4.79 Å². The predicted molar refractivity (Wildman–Crippen MR) is 57.8 cm³/mol. The summed E-state index contributed by atoms with van der Waals surface area (Å²) in [7, 11) is 0. The Morgan fingerprint density at radius 2 is 1.77 bits per heavy atom. The average molecular weight is 184 g/mol. The second-order valence-corrected chi connectivity index (χ2v) is 4.20. The minimum Gasteiger partial charge on any atom is -0.300 e. The zero-order valence-electron chi connectivity index (χ0n) is 9.44. The van der Waals surface area contributed by atoms with Crippen molar-refractivity contribution in [2.24, 2.45) is 5.92 Å². The minimum atomic E-state index is 0.167. The number of carbonyl (C=O) groups excluding carboxylic acids is 1. The predicted octanol–water partition coefficient (Wildman–Crippen LogP) is 3.96. The molecule has 0 saturated heterocycles. The van der Waals surface area contributed by atoms with Gasteiger partial charge in [-0.3, -0.25) is 0 Å². The molecule has 0 radical (unpaired) electrons. The van der Waals surface area contributed by atoms with E-state index in [1.54, 1.807) is 0 Å². The fourth-order valence-electron chi connectivity index (χ4n) is 1.46. The molecule has 1 aliphatic rings. The van der Waals surface area contributed by atoms with Crippen molar-refractivity contribution >= 4 is 5.78 Å². The fraction of sp³-hybridized carbons (Fsp3) is 0.917. The third kappa shape index (κ3) is 9.59. The number of carbonyl (C=O) groups is 1. The third-order valence-electron chi connectivity index (χ3n) is 2.44. The van der Waals surface area contributed by atoms with E-state index >= 15 is 0 Å². The zero-order valence-corrected chi connectivity index (χ0v) is 9.44. The Balaban J connectivity index is 0.000000310. The maximum absolute atomic E-state index is 9.44. The Labute approximate surface area is 82.9 Å². The van der Waals surface area contributed by atoms with E-state index in [2.05, 4.69) is 6.92 Å². The highest BCUT2D eigenvalue weighted by Gasteiger charge is 2.15. The Bertz CT molecular complexity index is 121. The lowest BCUT2D eigenvalue weighted by molar-refractivity contribution is -0.114. The number of Topliss-reactive ketones (excluding diaryl/α,β-unsaturated/α-hetero) is 1. The second kappa shape index (κ2) is 8.28. The first-order chi connectivity index (χ1) is 6.16. The zero-order chi connectivity index (χ0) is 10.1. The van der Waals surface area contributed by atoms with Crippen molar-refractivity contribution in [1.29, 1.82) is 0 Å². The van der Waals surface area contributed by atoms with Gasteiger partial charge < -0.3 is 4.79 Å². The molecule has 0 aromatic carbocycles. The Morgan fingerprint density at radius 1 is 1.23 bits per heavy atom. The second-order valence-electron chi connectivity index (χ2n) is 4.20. The molecule has 0 atom stereocenters. The molecule has 1 fully saturated rings. The van der Waals surface area contributed by atoms with Gasteiger partial charge in [0.25, 0.3) is 0 Å². The first kappa shape index (κ1) is 12.7. The smallest absolute Gasteiger partial charge is 0.126 e. The van der Waals surface area contributed by atoms with E-state index in [-0.39, 0.29) is 5.78 Å². The van der Waals surface area contributed by atoms with Crippen molar-refractivity contribution in [2.75, 3.05) is 0 Å². The van der Waals surface area contributed by atoms with Crippen molar-refractivity contribution in [1.82, 2.24) is 0 Å². The summed E-state index contributed by atoms with van der Waals surface area (Å²) in [6, 6.07) is 0. The van der Waals surface area contributed by atoms with E-state index in [0.717, 1.165) is 5.92 Å². The van der Waals surface area contributed by atoms with Gasteiger partial charge in [-0.2, -0.15) is 0 Å². The number of hydrogen-bond donors (Lipinski definition) is 0. The van der Waals surface area contributed by atoms with Gasteiger partial charge in [-0.1, -0.05) is 51.9 Å². The van der Waals surface area contributed by atoms with Crippen LogP contribution in [0, 0.1) is 5.92 Å². The largest absolute Gasteiger partial charge is 0.300 e. The van der Waals surface area contributed by atoms with Crippen molar-refractivity contribution in [3.63, 3.8) is 0 Å². The lowest BCUT2D eigenvalue weighted by Gasteiger charge is -2.24. The summed E-state index contributed by atoms with van der Waals surface area (Å²) >= 11 is 0. The van der Waals surface area contributed by atoms with E-state index in [9.17, 15) is 4.79 Å². The quantitative estimate of drug-likeness (QED) is 0.604. The maximum atomic E-state index is 9.44. The van der Waals surface area contributed by atoms with Crippen LogP contribution in [0.2, 0.25) is 0 Å². The molecule has 0 aliphatic heterocycles. The lowest BCUT2D eigenvalue weighted by atomic mass is 9.82. The molecule has 0 aromatic rings. The highest BCUT2D eigenvalue weighted by atomic mass is 16.1. The molecule has 1 rings (SSSR count). The lowest BCUT2D eigenvalue weighted by Crippen LogP contribution is -2.10. The van der Waals surface area contributed by atoms with Crippen LogP contribution in [0.4, 0.5) is 0 Å². The summed E-state index contributed by atoms with van der Waals surface area (Å²) in [6.45, 7) is 5.33. The Hall–Kier alpha value is -0.330. The normalized spacial score (nSPS) is 15.6. The summed E-state index contributed by atoms with van der Waals surface area (Å²) in [5.74, 6) is 1.30. The van der Waals surface area contributed by atoms with Crippen LogP contribution in [0.15, 0.2) is 0 Å². The standard InChI is InChI=1S/C9H18.C3H6O/c1-2-3-4-6-9-7-5-8-9;1-3(2)4/h9H,2-8H2,1H3;1-2H3. The summed E-state index contributed by atoms with van der Waals surface area (Å²) in [5, 5.41) is 0. The van der Waals surface area contributed by atoms with E-state index in [1.807, 2.05) is 0 Å². The molecule has 1 saturated carbocycles. The molecule has 1 heteroatoms. The van der Waals surface area contributed by atoms with Crippen LogP contribution >= 0.6 is 0 Å². The molecule has 1 nitrogen and oxygen atoms in total. The van der Waals surface area contributed by atoms with Gasteiger partial charge in [0.05, 0.1) is 0 Å². The molecular weight excluding hydrogens is 160 g/mol. The van der Waals surface area contributed by atoms with Crippen molar-refractivity contribution < 1.29 is 4.79 Å². The summed E-state index contributed by atoms with van der Waals surface area (Å²) in [6.07, 6.45) is 10.4. The van der Waals surface area contributed by atoms with Crippen molar-refractivity contribution in [2.45, 2.75) is 65.7 Å². The monoisotopic (exact) mass is 184 g/mol. The highest BCUT2D eigenvalue weighted by Crippen LogP contribution is 2.30. The van der Waals surface area contributed by atoms with Crippen molar-refractivity contribution in [3.8, 4) is 0 Å². The summed E-state index contributed by atoms with van der Waals surface area (Å²) < 4.78 is 0. The Kier molecular flexibility index (Phi) is 8.07. The average Bonchev–Trinajstić information content (AvgIpc) is 1.93. The molecule has 0 bridgehead atoms. The molecule has 0 aromatic heterocycles. The Morgan fingerprint density at radius 3 is 2.08 bits per heavy atom. The first-order valence-corrected chi connectivity index (χ1v) is 5.64. The molecule has 0 N–H and O–H groups in total. The van der Waals surface area contributed by atoms with Crippen LogP contribution in [-0.4, -0.2) is 5.78 Å². The van der Waals surface area contributed by atoms with Crippen LogP contribution < -0.4 is 0 Å². The van der Waals surface area contributed by atoms with Crippen LogP contribution in [0.3, 0.4) is 0 Å². The van der Waals surface area contributed by atoms with Gasteiger partial charge in [-0.15, -0.1) is 0 Å². The van der Waals surface area contributed by atoms with Gasteiger partial charge in [0.2, 0.25) is 0 Å². The summed E-state index contributed by atoms with van der Waals surface area (Å²) in [4.78, 5) is 9.44. The molecular formula is C12H24O. The third-order valence-corrected chi connectivity index (χ3v) is 2.44. The fourth-order valence-corrected chi connectivity index (χ4v) is 1.46. The minimum absolute atomic E-state index is 0.167. The van der Waals surface area contributed by atoms with E-state index in [4.69, 9.17) is 0 Å². The molecule has 0 heterocycles. The van der Waals surface area contributed by atoms with Gasteiger partial charge in [0, 0.05) is 0 Å². The first-order valence-electron chi connectivity index (χ1n) is 5.64. The molecule has 13 heavy (non-hydrogen) atoms. The van der Waals surface area contributed by atoms with Crippen molar-refractivity contribution in [3.05, 3.63) is 0 Å². The van der Waals surface area contributed by atoms with Crippen LogP contribution in [0.5, 0.6) is 0 Å². The topological polar surface area (TPSA) is 17.1 Å². The van der Waals surface area contributed by atoms with Gasteiger partial charge in [0.1, 0.15) is 5.78 Å². The van der Waals surface area contributed by atoms with Crippen LogP contribution in [0.25, 0.3) is 0 Å². The number of ketones is 1. The number of hydrogen-bond acceptors (Lipinski definition) is 1. The maximum Gasteiger partial charge on any atom is 0.126 e. The SMILES string of the molecule is CC(C)=O.CCCCCC1CCC1. The van der Waals surface area contributed by atoms with E-state index in [1.165, 1.54) is 58.8 Å². The number of rotatable bonds is 4. The van der Waals surface area contributed by atoms with Gasteiger partial charge in [-0.25, -0.2) is 0 Å². The summed E-state index contributed by atoms with van der Waals surface area (Å²) in [5.41, 5.74) is 0. The number of unbranched alkanes of at least 4 members (excludes halogenated alkanes) is 2. The molecule has 0 unspecified atom stereocenters. The van der Waals surface area contributed by atoms with E-state index < -0.39 is 0 Å². The molecule has 78 valence electrons. The molecule has 1 aliphatic carbocycles. The van der Waals surface area contributed by atoms with Gasteiger partial charge in [-0.05, 0) is 19.8 Å².